The number of carbonyl (C=O) groups excluding carboxylic acids is 1. The quantitative estimate of drug-likeness (QED) is 0.752. The van der Waals surface area contributed by atoms with Gasteiger partial charge in [0.25, 0.3) is 5.91 Å². The molecule has 27 heavy (non-hydrogen) atoms. The van der Waals surface area contributed by atoms with Gasteiger partial charge in [-0.15, -0.1) is 0 Å². The summed E-state index contributed by atoms with van der Waals surface area (Å²) in [5.74, 6) is -1.44. The van der Waals surface area contributed by atoms with Crippen LogP contribution < -0.4 is 10.1 Å². The van der Waals surface area contributed by atoms with Gasteiger partial charge in [-0.25, -0.2) is 12.8 Å². The van der Waals surface area contributed by atoms with Crippen LogP contribution in [0.5, 0.6) is 5.75 Å². The van der Waals surface area contributed by atoms with Crippen molar-refractivity contribution in [3.63, 3.8) is 0 Å². The summed E-state index contributed by atoms with van der Waals surface area (Å²) in [5.41, 5.74) is 0.786. The van der Waals surface area contributed by atoms with E-state index in [0.29, 0.717) is 11.3 Å². The maximum Gasteiger partial charge on any atom is 0.259 e. The molecule has 0 aliphatic heterocycles. The smallest absolute Gasteiger partial charge is 0.259 e. The Morgan fingerprint density at radius 3 is 2.56 bits per heavy atom. The summed E-state index contributed by atoms with van der Waals surface area (Å²) in [6.45, 7) is 2.93. The maximum atomic E-state index is 13.4. The Hall–Kier alpha value is -2.45. The first-order chi connectivity index (χ1) is 12.7. The van der Waals surface area contributed by atoms with Gasteiger partial charge in [0.2, 0.25) is 0 Å². The molecule has 0 bridgehead atoms. The number of amides is 1. The van der Waals surface area contributed by atoms with Crippen molar-refractivity contribution >= 4 is 21.4 Å². The Labute approximate surface area is 157 Å². The molecule has 0 saturated heterocycles. The number of hydrogen-bond donors (Lipinski definition) is 2. The zero-order valence-electron chi connectivity index (χ0n) is 15.3. The van der Waals surface area contributed by atoms with E-state index in [0.717, 1.165) is 0 Å². The molecule has 0 heterocycles. The van der Waals surface area contributed by atoms with E-state index >= 15 is 0 Å². The molecule has 0 saturated carbocycles. The number of aliphatic hydroxyl groups excluding tert-OH is 1. The predicted molar refractivity (Wildman–Crippen MR) is 100 cm³/mol. The molecule has 0 fully saturated rings. The third-order valence-electron chi connectivity index (χ3n) is 4.01. The average Bonchev–Trinajstić information content (AvgIpc) is 2.63. The Balaban J connectivity index is 2.36. The van der Waals surface area contributed by atoms with E-state index in [9.17, 15) is 17.6 Å². The largest absolute Gasteiger partial charge is 0.496 e. The van der Waals surface area contributed by atoms with Crippen LogP contribution in [0.3, 0.4) is 0 Å². The zero-order chi connectivity index (χ0) is 20.2. The van der Waals surface area contributed by atoms with Crippen LogP contribution >= 0.6 is 0 Å². The molecule has 0 aliphatic rings. The standard InChI is InChI=1S/C19H22FNO5S/c1-12(10-22)11-27(24,25)15-5-7-18(26-3)16(9-15)19(23)21-14-4-6-17(20)13(2)8-14/h4-9,12,22H,10-11H2,1-3H3,(H,21,23)/t12-/m0/s1. The minimum Gasteiger partial charge on any atom is -0.496 e. The van der Waals surface area contributed by atoms with E-state index < -0.39 is 27.5 Å². The highest BCUT2D eigenvalue weighted by atomic mass is 32.2. The molecule has 2 rings (SSSR count). The molecule has 1 atom stereocenters. The van der Waals surface area contributed by atoms with Gasteiger partial charge >= 0.3 is 0 Å². The molecule has 1 amide bonds. The monoisotopic (exact) mass is 395 g/mol. The number of aryl methyl sites for hydroxylation is 1. The number of rotatable bonds is 7. The van der Waals surface area contributed by atoms with Crippen molar-refractivity contribution in [2.24, 2.45) is 5.92 Å². The van der Waals surface area contributed by atoms with Gasteiger partial charge in [-0.1, -0.05) is 6.92 Å². The fraction of sp³-hybridized carbons (Fsp3) is 0.316. The number of halogens is 1. The normalized spacial score (nSPS) is 12.5. The van der Waals surface area contributed by atoms with Crippen LogP contribution in [-0.4, -0.2) is 38.9 Å². The van der Waals surface area contributed by atoms with Crippen molar-refractivity contribution in [3.05, 3.63) is 53.3 Å². The molecule has 0 spiro atoms. The van der Waals surface area contributed by atoms with Crippen molar-refractivity contribution in [1.29, 1.82) is 0 Å². The summed E-state index contributed by atoms with van der Waals surface area (Å²) in [4.78, 5) is 12.6. The molecule has 2 aromatic rings. The lowest BCUT2D eigenvalue weighted by Gasteiger charge is -2.13. The van der Waals surface area contributed by atoms with E-state index in [1.165, 1.54) is 43.5 Å². The molecule has 0 aromatic heterocycles. The average molecular weight is 395 g/mol. The molecule has 6 nitrogen and oxygen atoms in total. The summed E-state index contributed by atoms with van der Waals surface area (Å²) in [7, 11) is -2.31. The number of carbonyl (C=O) groups is 1. The van der Waals surface area contributed by atoms with Crippen molar-refractivity contribution in [2.75, 3.05) is 24.8 Å². The fourth-order valence-corrected chi connectivity index (χ4v) is 4.12. The molecule has 146 valence electrons. The van der Waals surface area contributed by atoms with Gasteiger partial charge in [0, 0.05) is 12.3 Å². The Kier molecular flexibility index (Phi) is 6.56. The maximum absolute atomic E-state index is 13.4. The Bertz CT molecular complexity index is 943. The number of aliphatic hydroxyl groups is 1. The second kappa shape index (κ2) is 8.49. The first-order valence-corrected chi connectivity index (χ1v) is 9.92. The number of sulfone groups is 1. The minimum absolute atomic E-state index is 0.0379. The van der Waals surface area contributed by atoms with Gasteiger partial charge < -0.3 is 15.2 Å². The molecular formula is C19H22FNO5S. The molecule has 2 aromatic carbocycles. The van der Waals surface area contributed by atoms with Gasteiger partial charge in [0.15, 0.2) is 9.84 Å². The van der Waals surface area contributed by atoms with E-state index in [2.05, 4.69) is 5.32 Å². The second-order valence-corrected chi connectivity index (χ2v) is 8.38. The Morgan fingerprint density at radius 2 is 1.96 bits per heavy atom. The van der Waals surface area contributed by atoms with Crippen molar-refractivity contribution < 1.29 is 27.4 Å². The Morgan fingerprint density at radius 1 is 1.26 bits per heavy atom. The number of hydrogen-bond acceptors (Lipinski definition) is 5. The lowest BCUT2D eigenvalue weighted by Crippen LogP contribution is -2.18. The van der Waals surface area contributed by atoms with Crippen LogP contribution in [0, 0.1) is 18.7 Å². The van der Waals surface area contributed by atoms with Gasteiger partial charge in [-0.05, 0) is 54.8 Å². The van der Waals surface area contributed by atoms with Crippen molar-refractivity contribution in [2.45, 2.75) is 18.7 Å². The molecule has 0 aliphatic carbocycles. The SMILES string of the molecule is COc1ccc(S(=O)(=O)C[C@@H](C)CO)cc1C(=O)Nc1ccc(F)c(C)c1. The molecule has 0 radical (unpaired) electrons. The van der Waals surface area contributed by atoms with Crippen molar-refractivity contribution in [1.82, 2.24) is 0 Å². The first-order valence-electron chi connectivity index (χ1n) is 8.27. The van der Waals surface area contributed by atoms with Gasteiger partial charge in [-0.3, -0.25) is 4.79 Å². The molecule has 8 heteroatoms. The minimum atomic E-state index is -3.68. The highest BCUT2D eigenvalue weighted by Gasteiger charge is 2.22. The third-order valence-corrected chi connectivity index (χ3v) is 5.99. The first kappa shape index (κ1) is 20.9. The van der Waals surface area contributed by atoms with Crippen LogP contribution in [-0.2, 0) is 9.84 Å². The molecule has 0 unspecified atom stereocenters. The molecular weight excluding hydrogens is 373 g/mol. The van der Waals surface area contributed by atoms with Crippen LogP contribution in [0.15, 0.2) is 41.3 Å². The van der Waals surface area contributed by atoms with Gasteiger partial charge in [0.05, 0.1) is 23.3 Å². The van der Waals surface area contributed by atoms with Crippen LogP contribution in [0.25, 0.3) is 0 Å². The summed E-state index contributed by atoms with van der Waals surface area (Å²) in [6, 6.07) is 8.13. The zero-order valence-corrected chi connectivity index (χ0v) is 16.1. The van der Waals surface area contributed by atoms with Crippen LogP contribution in [0.1, 0.15) is 22.8 Å². The third kappa shape index (κ3) is 5.05. The highest BCUT2D eigenvalue weighted by molar-refractivity contribution is 7.91. The van der Waals surface area contributed by atoms with Gasteiger partial charge in [-0.2, -0.15) is 0 Å². The summed E-state index contributed by atoms with van der Waals surface area (Å²) in [6.07, 6.45) is 0. The predicted octanol–water partition coefficient (Wildman–Crippen LogP) is 2.80. The number of anilines is 1. The summed E-state index contributed by atoms with van der Waals surface area (Å²) >= 11 is 0. The number of ether oxygens (including phenoxy) is 1. The van der Waals surface area contributed by atoms with E-state index in [-0.39, 0.29) is 28.6 Å². The highest BCUT2D eigenvalue weighted by Crippen LogP contribution is 2.25. The number of nitrogens with one attached hydrogen (secondary N) is 1. The number of benzene rings is 2. The molecule has 2 N–H and O–H groups in total. The number of methoxy groups -OCH3 is 1. The van der Waals surface area contributed by atoms with E-state index in [1.807, 2.05) is 0 Å². The second-order valence-electron chi connectivity index (χ2n) is 6.35. The lowest BCUT2D eigenvalue weighted by molar-refractivity contribution is 0.102. The van der Waals surface area contributed by atoms with Crippen LogP contribution in [0.2, 0.25) is 0 Å². The summed E-state index contributed by atoms with van der Waals surface area (Å²) < 4.78 is 43.5. The van der Waals surface area contributed by atoms with E-state index in [1.54, 1.807) is 13.8 Å². The summed E-state index contributed by atoms with van der Waals surface area (Å²) in [5, 5.41) is 11.7. The topological polar surface area (TPSA) is 92.7 Å². The van der Waals surface area contributed by atoms with Gasteiger partial charge in [0.1, 0.15) is 11.6 Å². The fourth-order valence-electron chi connectivity index (χ4n) is 2.50. The van der Waals surface area contributed by atoms with E-state index in [4.69, 9.17) is 9.84 Å². The van der Waals surface area contributed by atoms with Crippen LogP contribution in [0.4, 0.5) is 10.1 Å². The van der Waals surface area contributed by atoms with Crippen molar-refractivity contribution in [3.8, 4) is 5.75 Å². The lowest BCUT2D eigenvalue weighted by atomic mass is 10.1.